The predicted octanol–water partition coefficient (Wildman–Crippen LogP) is 3.29. The molecule has 0 radical (unpaired) electrons. The Balaban J connectivity index is 1.98. The Morgan fingerprint density at radius 1 is 0.900 bits per heavy atom. The Hall–Kier alpha value is -2.68. The molecule has 3 aromatic rings. The zero-order valence-electron chi connectivity index (χ0n) is 10.6. The third-order valence-electron chi connectivity index (χ3n) is 3.67. The fourth-order valence-corrected chi connectivity index (χ4v) is 2.77. The first-order valence-electron chi connectivity index (χ1n) is 6.49. The lowest BCUT2D eigenvalue weighted by Gasteiger charge is -2.10. The van der Waals surface area contributed by atoms with Gasteiger partial charge in [0.25, 0.3) is 0 Å². The Bertz CT molecular complexity index is 821. The van der Waals surface area contributed by atoms with Crippen LogP contribution < -0.4 is 4.74 Å². The molecule has 0 saturated heterocycles. The molecule has 20 heavy (non-hydrogen) atoms. The van der Waals surface area contributed by atoms with E-state index in [9.17, 15) is 4.79 Å². The average Bonchev–Trinajstić information content (AvgIpc) is 2.82. The first kappa shape index (κ1) is 11.2. The minimum absolute atomic E-state index is 0.220. The molecule has 0 spiro atoms. The molecule has 0 saturated carbocycles. The van der Waals surface area contributed by atoms with E-state index in [1.165, 1.54) is 0 Å². The summed E-state index contributed by atoms with van der Waals surface area (Å²) in [7, 11) is 0. The molecular weight excluding hydrogens is 250 g/mol. The molecule has 2 heterocycles. The van der Waals surface area contributed by atoms with Crippen molar-refractivity contribution in [3.05, 3.63) is 71.9 Å². The number of esters is 1. The highest BCUT2D eigenvalue weighted by Gasteiger charge is 2.35. The number of rotatable bonds is 1. The smallest absolute Gasteiger partial charge is 0.323 e. The zero-order chi connectivity index (χ0) is 13.5. The number of aromatic nitrogens is 1. The molecule has 3 heteroatoms. The number of ether oxygens (including phenoxy) is 1. The lowest BCUT2D eigenvalue weighted by Crippen LogP contribution is -2.12. The van der Waals surface area contributed by atoms with E-state index in [2.05, 4.69) is 4.98 Å². The minimum Gasteiger partial charge on any atom is -0.425 e. The van der Waals surface area contributed by atoms with Crippen molar-refractivity contribution in [2.24, 2.45) is 0 Å². The molecule has 1 atom stereocenters. The highest BCUT2D eigenvalue weighted by Crippen LogP contribution is 2.40. The first-order valence-corrected chi connectivity index (χ1v) is 6.49. The van der Waals surface area contributed by atoms with Crippen LogP contribution in [-0.4, -0.2) is 11.0 Å². The summed E-state index contributed by atoms with van der Waals surface area (Å²) >= 11 is 0. The maximum Gasteiger partial charge on any atom is 0.323 e. The van der Waals surface area contributed by atoms with Crippen molar-refractivity contribution in [3.8, 4) is 5.75 Å². The second-order valence-corrected chi connectivity index (χ2v) is 4.81. The van der Waals surface area contributed by atoms with Crippen molar-refractivity contribution >= 4 is 16.9 Å². The van der Waals surface area contributed by atoms with Crippen LogP contribution in [0.2, 0.25) is 0 Å². The molecule has 0 aliphatic carbocycles. The van der Waals surface area contributed by atoms with Gasteiger partial charge in [0.05, 0.1) is 5.52 Å². The topological polar surface area (TPSA) is 39.2 Å². The van der Waals surface area contributed by atoms with Crippen LogP contribution in [0.1, 0.15) is 17.0 Å². The van der Waals surface area contributed by atoms with Crippen molar-refractivity contribution in [1.82, 2.24) is 4.98 Å². The molecule has 2 aromatic carbocycles. The second-order valence-electron chi connectivity index (χ2n) is 4.81. The number of carbonyl (C=O) groups excluding carboxylic acids is 1. The first-order chi connectivity index (χ1) is 9.84. The van der Waals surface area contributed by atoms with Gasteiger partial charge in [-0.2, -0.15) is 0 Å². The van der Waals surface area contributed by atoms with Gasteiger partial charge in [0, 0.05) is 17.1 Å². The van der Waals surface area contributed by atoms with Gasteiger partial charge >= 0.3 is 5.97 Å². The van der Waals surface area contributed by atoms with Crippen LogP contribution in [-0.2, 0) is 4.79 Å². The number of fused-ring (bicyclic) bond motifs is 2. The van der Waals surface area contributed by atoms with Gasteiger partial charge < -0.3 is 4.74 Å². The van der Waals surface area contributed by atoms with Crippen molar-refractivity contribution in [2.75, 3.05) is 0 Å². The van der Waals surface area contributed by atoms with Crippen LogP contribution in [0.5, 0.6) is 5.75 Å². The summed E-state index contributed by atoms with van der Waals surface area (Å²) in [5, 5.41) is 0.994. The molecule has 1 aromatic heterocycles. The van der Waals surface area contributed by atoms with E-state index in [4.69, 9.17) is 4.74 Å². The Labute approximate surface area is 115 Å². The van der Waals surface area contributed by atoms with Crippen molar-refractivity contribution in [1.29, 1.82) is 0 Å². The van der Waals surface area contributed by atoms with Gasteiger partial charge in [-0.3, -0.25) is 9.78 Å². The van der Waals surface area contributed by atoms with E-state index in [-0.39, 0.29) is 11.9 Å². The van der Waals surface area contributed by atoms with Gasteiger partial charge in [-0.25, -0.2) is 0 Å². The average molecular weight is 261 g/mol. The van der Waals surface area contributed by atoms with E-state index in [0.717, 1.165) is 22.0 Å². The SMILES string of the molecule is O=C1Oc2ccccc2C1c1ccnc2ccccc12. The van der Waals surface area contributed by atoms with Crippen molar-refractivity contribution in [3.63, 3.8) is 0 Å². The van der Waals surface area contributed by atoms with Gasteiger partial charge in [-0.05, 0) is 23.8 Å². The van der Waals surface area contributed by atoms with E-state index >= 15 is 0 Å². The molecule has 96 valence electrons. The number of nitrogens with zero attached hydrogens (tertiary/aromatic N) is 1. The summed E-state index contributed by atoms with van der Waals surface area (Å²) in [5.74, 6) is 0.0741. The van der Waals surface area contributed by atoms with Gasteiger partial charge in [-0.15, -0.1) is 0 Å². The monoisotopic (exact) mass is 261 g/mol. The molecule has 4 rings (SSSR count). The lowest BCUT2D eigenvalue weighted by atomic mass is 9.90. The molecule has 0 fully saturated rings. The lowest BCUT2D eigenvalue weighted by molar-refractivity contribution is -0.133. The van der Waals surface area contributed by atoms with Crippen LogP contribution in [0.3, 0.4) is 0 Å². The standard InChI is InChI=1S/C17H11NO2/c19-17-16(13-6-2-4-8-15(13)20-17)12-9-10-18-14-7-3-1-5-11(12)14/h1-10,16H. The largest absolute Gasteiger partial charge is 0.425 e. The molecule has 0 bridgehead atoms. The molecule has 0 N–H and O–H groups in total. The summed E-state index contributed by atoms with van der Waals surface area (Å²) in [6.07, 6.45) is 1.74. The van der Waals surface area contributed by atoms with Crippen LogP contribution >= 0.6 is 0 Å². The fourth-order valence-electron chi connectivity index (χ4n) is 2.77. The number of hydrogen-bond acceptors (Lipinski definition) is 3. The minimum atomic E-state index is -0.362. The van der Waals surface area contributed by atoms with Gasteiger partial charge in [0.15, 0.2) is 0 Å². The van der Waals surface area contributed by atoms with Crippen LogP contribution in [0, 0.1) is 0 Å². The maximum absolute atomic E-state index is 12.2. The number of hydrogen-bond donors (Lipinski definition) is 0. The van der Waals surface area contributed by atoms with E-state index in [1.807, 2.05) is 54.6 Å². The molecule has 3 nitrogen and oxygen atoms in total. The maximum atomic E-state index is 12.2. The normalized spacial score (nSPS) is 17.0. The predicted molar refractivity (Wildman–Crippen MR) is 75.7 cm³/mol. The van der Waals surface area contributed by atoms with Crippen LogP contribution in [0.4, 0.5) is 0 Å². The fraction of sp³-hybridized carbons (Fsp3) is 0.0588. The molecule has 1 unspecified atom stereocenters. The number of pyridine rings is 1. The molecule has 0 amide bonds. The third-order valence-corrected chi connectivity index (χ3v) is 3.67. The number of para-hydroxylation sites is 2. The van der Waals surface area contributed by atoms with E-state index < -0.39 is 0 Å². The zero-order valence-corrected chi connectivity index (χ0v) is 10.6. The van der Waals surface area contributed by atoms with E-state index in [0.29, 0.717) is 5.75 Å². The van der Waals surface area contributed by atoms with Crippen LogP contribution in [0.15, 0.2) is 60.8 Å². The van der Waals surface area contributed by atoms with Crippen molar-refractivity contribution < 1.29 is 9.53 Å². The second kappa shape index (κ2) is 4.17. The molecule has 1 aliphatic heterocycles. The Kier molecular flexibility index (Phi) is 2.33. The van der Waals surface area contributed by atoms with Gasteiger partial charge in [0.2, 0.25) is 0 Å². The highest BCUT2D eigenvalue weighted by molar-refractivity contribution is 5.95. The van der Waals surface area contributed by atoms with Gasteiger partial charge in [-0.1, -0.05) is 36.4 Å². The summed E-state index contributed by atoms with van der Waals surface area (Å²) in [6.45, 7) is 0. The summed E-state index contributed by atoms with van der Waals surface area (Å²) in [4.78, 5) is 16.6. The van der Waals surface area contributed by atoms with Crippen molar-refractivity contribution in [2.45, 2.75) is 5.92 Å². The van der Waals surface area contributed by atoms with E-state index in [1.54, 1.807) is 6.20 Å². The Morgan fingerprint density at radius 3 is 2.65 bits per heavy atom. The number of carbonyl (C=O) groups is 1. The van der Waals surface area contributed by atoms with Gasteiger partial charge in [0.1, 0.15) is 11.7 Å². The molecular formula is C17H11NO2. The summed E-state index contributed by atoms with van der Waals surface area (Å²) in [6, 6.07) is 17.3. The number of benzene rings is 2. The quantitative estimate of drug-likeness (QED) is 0.498. The highest BCUT2D eigenvalue weighted by atomic mass is 16.5. The van der Waals surface area contributed by atoms with Crippen LogP contribution in [0.25, 0.3) is 10.9 Å². The molecule has 1 aliphatic rings. The third kappa shape index (κ3) is 1.53. The summed E-state index contributed by atoms with van der Waals surface area (Å²) in [5.41, 5.74) is 2.77. The Morgan fingerprint density at radius 2 is 1.70 bits per heavy atom. The summed E-state index contributed by atoms with van der Waals surface area (Å²) < 4.78 is 5.36.